The monoisotopic (exact) mass is 288 g/mol. The average Bonchev–Trinajstić information content (AvgIpc) is 2.40. The van der Waals surface area contributed by atoms with Gasteiger partial charge in [0.2, 0.25) is 6.41 Å². The second-order valence-electron chi connectivity index (χ2n) is 3.85. The Morgan fingerprint density at radius 1 is 1.11 bits per heavy atom. The zero-order valence-corrected chi connectivity index (χ0v) is 11.8. The number of nitrogens with zero attached hydrogens (tertiary/aromatic N) is 1. The van der Waals surface area contributed by atoms with E-state index in [2.05, 4.69) is 34.5 Å². The minimum absolute atomic E-state index is 0.585. The molecule has 1 aromatic carbocycles. The molecule has 0 aliphatic heterocycles. The Balaban J connectivity index is 2.58. The minimum atomic E-state index is 0.585. The molecule has 0 aliphatic carbocycles. The van der Waals surface area contributed by atoms with E-state index in [-0.39, 0.29) is 0 Å². The predicted molar refractivity (Wildman–Crippen MR) is 77.9 cm³/mol. The number of hydrogen-bond acceptors (Lipinski definition) is 2. The van der Waals surface area contributed by atoms with Crippen molar-refractivity contribution < 1.29 is 4.79 Å². The molecule has 0 heterocycles. The number of carbonyl (C=O) groups excluding carboxylic acids is 1. The summed E-state index contributed by atoms with van der Waals surface area (Å²) in [4.78, 5) is 12.3. The molecular weight excluding hydrogens is 271 g/mol. The molecule has 1 N–H and O–H groups in total. The van der Waals surface area contributed by atoms with Crippen LogP contribution >= 0.6 is 23.2 Å². The van der Waals surface area contributed by atoms with Crippen LogP contribution in [0, 0.1) is 0 Å². The molecule has 100 valence electrons. The highest BCUT2D eigenvalue weighted by atomic mass is 35.5. The quantitative estimate of drug-likeness (QED) is 0.429. The molecule has 0 aromatic heterocycles. The molecule has 18 heavy (non-hydrogen) atoms. The number of halogens is 2. The number of rotatable bonds is 9. The summed E-state index contributed by atoms with van der Waals surface area (Å²) in [6, 6.07) is 8.26. The average molecular weight is 289 g/mol. The van der Waals surface area contributed by atoms with Crippen LogP contribution in [0.3, 0.4) is 0 Å². The SMILES string of the molecule is O=CNCCc1ccc(N(CCCl)CCCl)cc1. The van der Waals surface area contributed by atoms with E-state index in [1.807, 2.05) is 0 Å². The normalized spacial score (nSPS) is 10.1. The number of hydrogen-bond donors (Lipinski definition) is 1. The summed E-state index contributed by atoms with van der Waals surface area (Å²) in [6.07, 6.45) is 1.56. The molecule has 1 amide bonds. The molecule has 0 fully saturated rings. The van der Waals surface area contributed by atoms with Crippen LogP contribution in [0.5, 0.6) is 0 Å². The summed E-state index contributed by atoms with van der Waals surface area (Å²) in [5, 5.41) is 2.65. The zero-order valence-electron chi connectivity index (χ0n) is 10.2. The lowest BCUT2D eigenvalue weighted by Crippen LogP contribution is -2.27. The van der Waals surface area contributed by atoms with Gasteiger partial charge >= 0.3 is 0 Å². The third kappa shape index (κ3) is 5.15. The lowest BCUT2D eigenvalue weighted by atomic mass is 10.1. The molecule has 0 saturated heterocycles. The van der Waals surface area contributed by atoms with Crippen LogP contribution in [0.2, 0.25) is 0 Å². The van der Waals surface area contributed by atoms with Crippen molar-refractivity contribution in [3.05, 3.63) is 29.8 Å². The third-order valence-corrected chi connectivity index (χ3v) is 2.99. The summed E-state index contributed by atoms with van der Waals surface area (Å²) >= 11 is 11.5. The highest BCUT2D eigenvalue weighted by Gasteiger charge is 2.04. The molecule has 0 spiro atoms. The fourth-order valence-corrected chi connectivity index (χ4v) is 2.13. The molecule has 0 aliphatic rings. The van der Waals surface area contributed by atoms with Crippen LogP contribution < -0.4 is 10.2 Å². The van der Waals surface area contributed by atoms with Crippen LogP contribution in [0.4, 0.5) is 5.69 Å². The van der Waals surface area contributed by atoms with E-state index in [0.29, 0.717) is 18.3 Å². The summed E-state index contributed by atoms with van der Waals surface area (Å²) < 4.78 is 0. The maximum absolute atomic E-state index is 10.1. The Kier molecular flexibility index (Phi) is 7.62. The molecule has 1 aromatic rings. The van der Waals surface area contributed by atoms with Gasteiger partial charge in [0.1, 0.15) is 0 Å². The van der Waals surface area contributed by atoms with Gasteiger partial charge in [-0.15, -0.1) is 23.2 Å². The fraction of sp³-hybridized carbons (Fsp3) is 0.462. The smallest absolute Gasteiger partial charge is 0.207 e. The largest absolute Gasteiger partial charge is 0.369 e. The maximum atomic E-state index is 10.1. The van der Waals surface area contributed by atoms with Crippen molar-refractivity contribution in [3.63, 3.8) is 0 Å². The van der Waals surface area contributed by atoms with Gasteiger partial charge in [0.05, 0.1) is 0 Å². The molecule has 0 radical (unpaired) electrons. The van der Waals surface area contributed by atoms with Crippen LogP contribution in [0.15, 0.2) is 24.3 Å². The molecular formula is C13H18Cl2N2O. The predicted octanol–water partition coefficient (Wildman–Crippen LogP) is 2.26. The van der Waals surface area contributed by atoms with Crippen LogP contribution in [0.1, 0.15) is 5.56 Å². The second-order valence-corrected chi connectivity index (χ2v) is 4.61. The Bertz CT molecular complexity index is 337. The first-order valence-corrected chi connectivity index (χ1v) is 7.01. The molecule has 3 nitrogen and oxygen atoms in total. The topological polar surface area (TPSA) is 32.3 Å². The molecule has 0 atom stereocenters. The molecule has 0 saturated carbocycles. The van der Waals surface area contributed by atoms with Gasteiger partial charge in [-0.05, 0) is 24.1 Å². The van der Waals surface area contributed by atoms with Gasteiger partial charge < -0.3 is 10.2 Å². The standard InChI is InChI=1S/C13H18Cl2N2O/c14-6-9-17(10-7-15)13-3-1-12(2-4-13)5-8-16-11-18/h1-4,11H,5-10H2,(H,16,18). The Morgan fingerprint density at radius 2 is 1.72 bits per heavy atom. The van der Waals surface area contributed by atoms with Crippen molar-refractivity contribution in [2.45, 2.75) is 6.42 Å². The summed E-state index contributed by atoms with van der Waals surface area (Å²) in [7, 11) is 0. The van der Waals surface area contributed by atoms with E-state index < -0.39 is 0 Å². The third-order valence-electron chi connectivity index (χ3n) is 2.65. The van der Waals surface area contributed by atoms with Crippen molar-refractivity contribution in [2.75, 3.05) is 36.3 Å². The van der Waals surface area contributed by atoms with Crippen LogP contribution in [-0.4, -0.2) is 37.8 Å². The van der Waals surface area contributed by atoms with E-state index in [4.69, 9.17) is 23.2 Å². The number of amides is 1. The van der Waals surface area contributed by atoms with Gasteiger partial charge in [-0.25, -0.2) is 0 Å². The Morgan fingerprint density at radius 3 is 2.22 bits per heavy atom. The van der Waals surface area contributed by atoms with Gasteiger partial charge in [-0.2, -0.15) is 0 Å². The highest BCUT2D eigenvalue weighted by Crippen LogP contribution is 2.15. The number of anilines is 1. The van der Waals surface area contributed by atoms with Crippen molar-refractivity contribution >= 4 is 35.3 Å². The highest BCUT2D eigenvalue weighted by molar-refractivity contribution is 6.18. The van der Waals surface area contributed by atoms with E-state index >= 15 is 0 Å². The Labute approximate surface area is 118 Å². The zero-order chi connectivity index (χ0) is 13.2. The molecule has 0 bridgehead atoms. The number of carbonyl (C=O) groups is 1. The lowest BCUT2D eigenvalue weighted by molar-refractivity contribution is -0.109. The van der Waals surface area contributed by atoms with Gasteiger partial charge in [0, 0.05) is 37.1 Å². The lowest BCUT2D eigenvalue weighted by Gasteiger charge is -2.23. The van der Waals surface area contributed by atoms with E-state index in [9.17, 15) is 4.79 Å². The van der Waals surface area contributed by atoms with Gasteiger partial charge in [-0.1, -0.05) is 12.1 Å². The summed E-state index contributed by atoms with van der Waals surface area (Å²) in [5.41, 5.74) is 2.33. The number of alkyl halides is 2. The van der Waals surface area contributed by atoms with Crippen molar-refractivity contribution in [2.24, 2.45) is 0 Å². The van der Waals surface area contributed by atoms with Crippen molar-refractivity contribution in [3.8, 4) is 0 Å². The van der Waals surface area contributed by atoms with Gasteiger partial charge in [-0.3, -0.25) is 4.79 Å². The molecule has 5 heteroatoms. The van der Waals surface area contributed by atoms with E-state index in [1.54, 1.807) is 0 Å². The minimum Gasteiger partial charge on any atom is -0.369 e. The molecule has 0 unspecified atom stereocenters. The van der Waals surface area contributed by atoms with E-state index in [1.165, 1.54) is 5.56 Å². The van der Waals surface area contributed by atoms with Gasteiger partial charge in [0.15, 0.2) is 0 Å². The molecule has 1 rings (SSSR count). The first-order valence-electron chi connectivity index (χ1n) is 5.94. The number of nitrogens with one attached hydrogen (secondary N) is 1. The van der Waals surface area contributed by atoms with Crippen LogP contribution in [-0.2, 0) is 11.2 Å². The van der Waals surface area contributed by atoms with Crippen molar-refractivity contribution in [1.29, 1.82) is 0 Å². The Hall–Kier alpha value is -0.930. The second kappa shape index (κ2) is 9.06. The number of benzene rings is 1. The maximum Gasteiger partial charge on any atom is 0.207 e. The fourth-order valence-electron chi connectivity index (χ4n) is 1.72. The van der Waals surface area contributed by atoms with E-state index in [0.717, 1.165) is 31.6 Å². The first-order chi connectivity index (χ1) is 8.81. The summed E-state index contributed by atoms with van der Waals surface area (Å²) in [5.74, 6) is 1.17. The van der Waals surface area contributed by atoms with Crippen LogP contribution in [0.25, 0.3) is 0 Å². The summed E-state index contributed by atoms with van der Waals surface area (Å²) in [6.45, 7) is 2.25. The van der Waals surface area contributed by atoms with Crippen molar-refractivity contribution in [1.82, 2.24) is 5.32 Å². The van der Waals surface area contributed by atoms with Gasteiger partial charge in [0.25, 0.3) is 0 Å². The first kappa shape index (κ1) is 15.1.